The monoisotopic (exact) mass is 299 g/mol. The molecule has 22 heavy (non-hydrogen) atoms. The molecule has 0 saturated carbocycles. The van der Waals surface area contributed by atoms with Gasteiger partial charge in [-0.2, -0.15) is 10.2 Å². The quantitative estimate of drug-likeness (QED) is 0.655. The fourth-order valence-corrected chi connectivity index (χ4v) is 2.48. The maximum atomic E-state index is 5.42. The maximum Gasteiger partial charge on any atom is 0.167 e. The number of hydrogen-bond donors (Lipinski definition) is 0. The Morgan fingerprint density at radius 3 is 2.77 bits per heavy atom. The summed E-state index contributed by atoms with van der Waals surface area (Å²) in [7, 11) is 1.89. The largest absolute Gasteiger partial charge is 0.469 e. The number of hydrogen-bond acceptors (Lipinski definition) is 4. The van der Waals surface area contributed by atoms with Crippen LogP contribution >= 0.6 is 0 Å². The molecule has 3 aromatic heterocycles. The van der Waals surface area contributed by atoms with Crippen molar-refractivity contribution >= 4 is 0 Å². The number of unbranched alkanes of at least 4 members (excludes halogenated alkanes) is 2. The second kappa shape index (κ2) is 6.17. The molecule has 6 heteroatoms. The van der Waals surface area contributed by atoms with Gasteiger partial charge in [0, 0.05) is 13.5 Å². The van der Waals surface area contributed by atoms with Crippen LogP contribution in [-0.4, -0.2) is 24.5 Å². The van der Waals surface area contributed by atoms with Crippen LogP contribution in [0.3, 0.4) is 0 Å². The van der Waals surface area contributed by atoms with Gasteiger partial charge in [-0.25, -0.2) is 9.67 Å². The molecule has 0 N–H and O–H groups in total. The molecule has 0 amide bonds. The standard InChI is InChI=1S/C16H21N5O/c1-4-5-6-7-15-18-16(14-8-9-22-12(14)2)21(19-15)13-10-17-20(3)11-13/h8-11H,4-7H2,1-3H3. The van der Waals surface area contributed by atoms with Crippen LogP contribution in [0.15, 0.2) is 29.1 Å². The van der Waals surface area contributed by atoms with Crippen molar-refractivity contribution in [2.24, 2.45) is 7.05 Å². The van der Waals surface area contributed by atoms with Crippen molar-refractivity contribution in [1.29, 1.82) is 0 Å². The molecule has 0 aliphatic carbocycles. The maximum absolute atomic E-state index is 5.42. The fourth-order valence-electron chi connectivity index (χ4n) is 2.48. The smallest absolute Gasteiger partial charge is 0.167 e. The molecule has 116 valence electrons. The Hall–Kier alpha value is -2.37. The lowest BCUT2D eigenvalue weighted by molar-refractivity contribution is 0.535. The van der Waals surface area contributed by atoms with Crippen LogP contribution in [0.4, 0.5) is 0 Å². The zero-order valence-corrected chi connectivity index (χ0v) is 13.3. The lowest BCUT2D eigenvalue weighted by Gasteiger charge is -2.01. The van der Waals surface area contributed by atoms with Gasteiger partial charge < -0.3 is 4.42 Å². The van der Waals surface area contributed by atoms with Gasteiger partial charge in [-0.3, -0.25) is 4.68 Å². The van der Waals surface area contributed by atoms with Gasteiger partial charge >= 0.3 is 0 Å². The molecule has 0 atom stereocenters. The van der Waals surface area contributed by atoms with Crippen molar-refractivity contribution in [3.8, 4) is 17.1 Å². The van der Waals surface area contributed by atoms with E-state index in [9.17, 15) is 0 Å². The molecule has 0 bridgehead atoms. The first-order chi connectivity index (χ1) is 10.7. The third-order valence-corrected chi connectivity index (χ3v) is 3.69. The molecule has 0 unspecified atom stereocenters. The summed E-state index contributed by atoms with van der Waals surface area (Å²) in [6, 6.07) is 1.93. The highest BCUT2D eigenvalue weighted by atomic mass is 16.3. The topological polar surface area (TPSA) is 61.7 Å². The van der Waals surface area contributed by atoms with Gasteiger partial charge in [-0.1, -0.05) is 19.8 Å². The van der Waals surface area contributed by atoms with Crippen LogP contribution in [-0.2, 0) is 13.5 Å². The minimum absolute atomic E-state index is 0.811. The van der Waals surface area contributed by atoms with Crippen LogP contribution in [0, 0.1) is 6.92 Å². The average molecular weight is 299 g/mol. The lowest BCUT2D eigenvalue weighted by Crippen LogP contribution is -1.99. The summed E-state index contributed by atoms with van der Waals surface area (Å²) in [6.07, 6.45) is 9.80. The van der Waals surface area contributed by atoms with E-state index in [0.29, 0.717) is 0 Å². The predicted octanol–water partition coefficient (Wildman–Crippen LogP) is 3.30. The second-order valence-electron chi connectivity index (χ2n) is 5.48. The number of rotatable bonds is 6. The molecule has 0 fully saturated rings. The summed E-state index contributed by atoms with van der Waals surface area (Å²) in [5, 5.41) is 8.90. The fraction of sp³-hybridized carbons (Fsp3) is 0.438. The number of aromatic nitrogens is 5. The number of furan rings is 1. The molecule has 3 aromatic rings. The van der Waals surface area contributed by atoms with E-state index < -0.39 is 0 Å². The van der Waals surface area contributed by atoms with E-state index in [-0.39, 0.29) is 0 Å². The van der Waals surface area contributed by atoms with E-state index in [1.54, 1.807) is 17.1 Å². The van der Waals surface area contributed by atoms with Crippen LogP contribution in [0.2, 0.25) is 0 Å². The minimum Gasteiger partial charge on any atom is -0.469 e. The highest BCUT2D eigenvalue weighted by Crippen LogP contribution is 2.25. The average Bonchev–Trinajstić information content (AvgIpc) is 3.19. The first-order valence-electron chi connectivity index (χ1n) is 7.68. The third-order valence-electron chi connectivity index (χ3n) is 3.69. The number of aryl methyl sites for hydroxylation is 3. The van der Waals surface area contributed by atoms with Gasteiger partial charge in [0.15, 0.2) is 11.6 Å². The van der Waals surface area contributed by atoms with Crippen molar-refractivity contribution in [1.82, 2.24) is 24.5 Å². The van der Waals surface area contributed by atoms with Gasteiger partial charge in [-0.05, 0) is 19.4 Å². The minimum atomic E-state index is 0.811. The van der Waals surface area contributed by atoms with E-state index in [4.69, 9.17) is 9.40 Å². The van der Waals surface area contributed by atoms with Crippen molar-refractivity contribution in [2.75, 3.05) is 0 Å². The Morgan fingerprint density at radius 1 is 1.27 bits per heavy atom. The molecule has 3 rings (SSSR count). The Morgan fingerprint density at radius 2 is 2.14 bits per heavy atom. The van der Waals surface area contributed by atoms with Gasteiger partial charge in [0.2, 0.25) is 0 Å². The van der Waals surface area contributed by atoms with Gasteiger partial charge in [-0.15, -0.1) is 0 Å². The molecular weight excluding hydrogens is 278 g/mol. The first-order valence-corrected chi connectivity index (χ1v) is 7.68. The zero-order valence-electron chi connectivity index (χ0n) is 13.3. The van der Waals surface area contributed by atoms with E-state index in [2.05, 4.69) is 17.1 Å². The summed E-state index contributed by atoms with van der Waals surface area (Å²) in [6.45, 7) is 4.14. The highest BCUT2D eigenvalue weighted by molar-refractivity contribution is 5.59. The molecule has 0 aromatic carbocycles. The predicted molar refractivity (Wildman–Crippen MR) is 83.8 cm³/mol. The van der Waals surface area contributed by atoms with Crippen molar-refractivity contribution in [3.63, 3.8) is 0 Å². The molecule has 0 saturated heterocycles. The van der Waals surface area contributed by atoms with E-state index >= 15 is 0 Å². The molecule has 0 radical (unpaired) electrons. The van der Waals surface area contributed by atoms with Gasteiger partial charge in [0.1, 0.15) is 11.4 Å². The van der Waals surface area contributed by atoms with Crippen molar-refractivity contribution in [3.05, 3.63) is 36.3 Å². The SMILES string of the molecule is CCCCCc1nc(-c2ccoc2C)n(-c2cnn(C)c2)n1. The molecule has 0 aliphatic heterocycles. The summed E-state index contributed by atoms with van der Waals surface area (Å²) in [5.41, 5.74) is 1.88. The van der Waals surface area contributed by atoms with Crippen molar-refractivity contribution in [2.45, 2.75) is 39.5 Å². The van der Waals surface area contributed by atoms with E-state index in [1.165, 1.54) is 12.8 Å². The van der Waals surface area contributed by atoms with Gasteiger partial charge in [0.25, 0.3) is 0 Å². The normalized spacial score (nSPS) is 11.2. The molecular formula is C16H21N5O. The zero-order chi connectivity index (χ0) is 15.5. The molecule has 0 aliphatic rings. The third kappa shape index (κ3) is 2.81. The number of nitrogens with zero attached hydrogens (tertiary/aromatic N) is 5. The summed E-state index contributed by atoms with van der Waals surface area (Å²) in [5.74, 6) is 2.52. The first kappa shape index (κ1) is 14.6. The summed E-state index contributed by atoms with van der Waals surface area (Å²) in [4.78, 5) is 4.73. The Kier molecular flexibility index (Phi) is 4.09. The summed E-state index contributed by atoms with van der Waals surface area (Å²) >= 11 is 0. The lowest BCUT2D eigenvalue weighted by atomic mass is 10.2. The molecule has 0 spiro atoms. The van der Waals surface area contributed by atoms with Crippen LogP contribution in [0.1, 0.15) is 37.8 Å². The second-order valence-corrected chi connectivity index (χ2v) is 5.48. The molecule has 6 nitrogen and oxygen atoms in total. The Balaban J connectivity index is 2.00. The van der Waals surface area contributed by atoms with Crippen LogP contribution < -0.4 is 0 Å². The van der Waals surface area contributed by atoms with E-state index in [1.807, 2.05) is 30.9 Å². The van der Waals surface area contributed by atoms with Crippen LogP contribution in [0.25, 0.3) is 17.1 Å². The van der Waals surface area contributed by atoms with E-state index in [0.717, 1.165) is 41.5 Å². The van der Waals surface area contributed by atoms with Crippen LogP contribution in [0.5, 0.6) is 0 Å². The Labute approximate surface area is 129 Å². The van der Waals surface area contributed by atoms with Crippen molar-refractivity contribution < 1.29 is 4.42 Å². The summed E-state index contributed by atoms with van der Waals surface area (Å²) < 4.78 is 9.04. The highest BCUT2D eigenvalue weighted by Gasteiger charge is 2.17. The van der Waals surface area contributed by atoms with Gasteiger partial charge in [0.05, 0.1) is 24.2 Å². The Bertz CT molecular complexity index is 752. The molecule has 3 heterocycles.